The predicted octanol–water partition coefficient (Wildman–Crippen LogP) is 1.99. The number of nitrogens with zero attached hydrogens (tertiary/aromatic N) is 2. The van der Waals surface area contributed by atoms with Crippen molar-refractivity contribution in [3.63, 3.8) is 0 Å². The molecule has 1 aromatic heterocycles. The lowest BCUT2D eigenvalue weighted by Gasteiger charge is -2.11. The molecule has 2 rings (SSSR count). The Bertz CT molecular complexity index is 763. The minimum Gasteiger partial charge on any atom is -0.361 e. The number of aromatic nitrogens is 1. The van der Waals surface area contributed by atoms with E-state index >= 15 is 0 Å². The van der Waals surface area contributed by atoms with E-state index in [0.29, 0.717) is 12.1 Å². The Morgan fingerprint density at radius 1 is 1.22 bits per heavy atom. The minimum atomic E-state index is -0.0703. The Balaban J connectivity index is 1.88. The molecule has 1 aromatic carbocycles. The van der Waals surface area contributed by atoms with Gasteiger partial charge in [0.1, 0.15) is 5.76 Å². The molecule has 1 heterocycles. The standard InChI is InChI=1S/C20H29N5O2/c1-5-22-20(24-12-10-18-14(2)25-27-15(18)3)23-11-9-16-7-6-8-17(13-16)19(26)21-4/h6-8,13H,5,9-12H2,1-4H3,(H,21,26)(H2,22,23,24). The molecule has 0 aliphatic carbocycles. The minimum absolute atomic E-state index is 0.0703. The molecule has 0 radical (unpaired) electrons. The van der Waals surface area contributed by atoms with E-state index in [4.69, 9.17) is 4.52 Å². The highest BCUT2D eigenvalue weighted by molar-refractivity contribution is 5.94. The van der Waals surface area contributed by atoms with Gasteiger partial charge in [-0.3, -0.25) is 9.79 Å². The zero-order valence-corrected chi connectivity index (χ0v) is 16.6. The van der Waals surface area contributed by atoms with E-state index in [2.05, 4.69) is 26.1 Å². The summed E-state index contributed by atoms with van der Waals surface area (Å²) >= 11 is 0. The highest BCUT2D eigenvalue weighted by atomic mass is 16.5. The van der Waals surface area contributed by atoms with Crippen molar-refractivity contribution in [3.8, 4) is 0 Å². The van der Waals surface area contributed by atoms with E-state index in [1.807, 2.05) is 45.0 Å². The van der Waals surface area contributed by atoms with Crippen LogP contribution in [-0.4, -0.2) is 43.7 Å². The number of carbonyl (C=O) groups is 1. The summed E-state index contributed by atoms with van der Waals surface area (Å²) in [6, 6.07) is 7.66. The zero-order chi connectivity index (χ0) is 19.6. The third kappa shape index (κ3) is 6.13. The van der Waals surface area contributed by atoms with Crippen molar-refractivity contribution in [2.75, 3.05) is 26.7 Å². The molecule has 0 aliphatic heterocycles. The van der Waals surface area contributed by atoms with Crippen molar-refractivity contribution >= 4 is 11.9 Å². The van der Waals surface area contributed by atoms with Crippen LogP contribution in [0.15, 0.2) is 33.8 Å². The molecule has 1 amide bonds. The number of nitrogens with one attached hydrogen (secondary N) is 3. The van der Waals surface area contributed by atoms with Crippen LogP contribution >= 0.6 is 0 Å². The molecule has 0 saturated heterocycles. The van der Waals surface area contributed by atoms with Gasteiger partial charge in [0.15, 0.2) is 5.96 Å². The van der Waals surface area contributed by atoms with Gasteiger partial charge in [0.05, 0.1) is 5.69 Å². The fourth-order valence-electron chi connectivity index (χ4n) is 2.82. The van der Waals surface area contributed by atoms with Crippen LogP contribution in [0.4, 0.5) is 0 Å². The molecule has 3 N–H and O–H groups in total. The fraction of sp³-hybridized carbons (Fsp3) is 0.450. The highest BCUT2D eigenvalue weighted by Gasteiger charge is 2.08. The van der Waals surface area contributed by atoms with Crippen LogP contribution in [-0.2, 0) is 12.8 Å². The smallest absolute Gasteiger partial charge is 0.251 e. The Hall–Kier alpha value is -2.83. The van der Waals surface area contributed by atoms with Crippen LogP contribution in [0.25, 0.3) is 0 Å². The van der Waals surface area contributed by atoms with Crippen LogP contribution in [0, 0.1) is 13.8 Å². The second kappa shape index (κ2) is 10.4. The first-order valence-electron chi connectivity index (χ1n) is 9.30. The van der Waals surface area contributed by atoms with Gasteiger partial charge in [-0.2, -0.15) is 0 Å². The first-order valence-corrected chi connectivity index (χ1v) is 9.30. The number of guanidine groups is 1. The van der Waals surface area contributed by atoms with Gasteiger partial charge in [0.2, 0.25) is 0 Å². The summed E-state index contributed by atoms with van der Waals surface area (Å²) in [5, 5.41) is 13.2. The quantitative estimate of drug-likeness (QED) is 0.488. The third-order valence-corrected chi connectivity index (χ3v) is 4.28. The maximum atomic E-state index is 11.7. The molecule has 0 aliphatic rings. The largest absolute Gasteiger partial charge is 0.361 e. The Morgan fingerprint density at radius 3 is 2.70 bits per heavy atom. The Kier molecular flexibility index (Phi) is 7.85. The van der Waals surface area contributed by atoms with Crippen molar-refractivity contribution in [3.05, 3.63) is 52.4 Å². The molecule has 146 valence electrons. The normalized spacial score (nSPS) is 11.3. The fourth-order valence-corrected chi connectivity index (χ4v) is 2.82. The van der Waals surface area contributed by atoms with Crippen molar-refractivity contribution < 1.29 is 9.32 Å². The van der Waals surface area contributed by atoms with Crippen LogP contribution in [0.5, 0.6) is 0 Å². The van der Waals surface area contributed by atoms with E-state index in [0.717, 1.165) is 54.5 Å². The molecule has 0 atom stereocenters. The molecule has 2 aromatic rings. The van der Waals surface area contributed by atoms with Crippen molar-refractivity contribution in [1.29, 1.82) is 0 Å². The molecule has 0 spiro atoms. The maximum Gasteiger partial charge on any atom is 0.251 e. The summed E-state index contributed by atoms with van der Waals surface area (Å²) in [6.45, 7) is 8.10. The van der Waals surface area contributed by atoms with E-state index < -0.39 is 0 Å². The van der Waals surface area contributed by atoms with Crippen LogP contribution in [0.2, 0.25) is 0 Å². The summed E-state index contributed by atoms with van der Waals surface area (Å²) in [5.41, 5.74) is 3.84. The molecular weight excluding hydrogens is 342 g/mol. The molecule has 7 heteroatoms. The van der Waals surface area contributed by atoms with Gasteiger partial charge in [-0.1, -0.05) is 17.3 Å². The molecule has 0 bridgehead atoms. The lowest BCUT2D eigenvalue weighted by molar-refractivity contribution is 0.0963. The monoisotopic (exact) mass is 371 g/mol. The second-order valence-electron chi connectivity index (χ2n) is 6.27. The topological polar surface area (TPSA) is 91.6 Å². The van der Waals surface area contributed by atoms with Crippen molar-refractivity contribution in [2.45, 2.75) is 33.6 Å². The third-order valence-electron chi connectivity index (χ3n) is 4.28. The maximum absolute atomic E-state index is 11.7. The molecule has 7 nitrogen and oxygen atoms in total. The van der Waals surface area contributed by atoms with Crippen LogP contribution in [0.3, 0.4) is 0 Å². The second-order valence-corrected chi connectivity index (χ2v) is 6.27. The van der Waals surface area contributed by atoms with E-state index in [9.17, 15) is 4.79 Å². The number of hydrogen-bond donors (Lipinski definition) is 3. The van der Waals surface area contributed by atoms with Gasteiger partial charge in [0, 0.05) is 37.8 Å². The zero-order valence-electron chi connectivity index (χ0n) is 16.6. The van der Waals surface area contributed by atoms with Gasteiger partial charge < -0.3 is 20.5 Å². The predicted molar refractivity (Wildman–Crippen MR) is 107 cm³/mol. The van der Waals surface area contributed by atoms with Crippen LogP contribution in [0.1, 0.15) is 39.9 Å². The average molecular weight is 371 g/mol. The molecule has 0 unspecified atom stereocenters. The Labute approximate surface area is 160 Å². The molecule has 0 fully saturated rings. The van der Waals surface area contributed by atoms with Gasteiger partial charge >= 0.3 is 0 Å². The van der Waals surface area contributed by atoms with Gasteiger partial charge in [-0.25, -0.2) is 0 Å². The van der Waals surface area contributed by atoms with Crippen LogP contribution < -0.4 is 16.0 Å². The van der Waals surface area contributed by atoms with E-state index in [1.54, 1.807) is 7.05 Å². The molecular formula is C20H29N5O2. The van der Waals surface area contributed by atoms with Crippen molar-refractivity contribution in [2.24, 2.45) is 4.99 Å². The van der Waals surface area contributed by atoms with Gasteiger partial charge in [-0.15, -0.1) is 0 Å². The first kappa shape index (κ1) is 20.5. The Morgan fingerprint density at radius 2 is 2.04 bits per heavy atom. The number of carbonyl (C=O) groups excluding carboxylic acids is 1. The first-order chi connectivity index (χ1) is 13.0. The summed E-state index contributed by atoms with van der Waals surface area (Å²) in [4.78, 5) is 16.4. The summed E-state index contributed by atoms with van der Waals surface area (Å²) < 4.78 is 5.19. The summed E-state index contributed by atoms with van der Waals surface area (Å²) in [5.74, 6) is 1.57. The van der Waals surface area contributed by atoms with Gasteiger partial charge in [0.25, 0.3) is 5.91 Å². The summed E-state index contributed by atoms with van der Waals surface area (Å²) in [6.07, 6.45) is 1.60. The number of rotatable bonds is 8. The lowest BCUT2D eigenvalue weighted by Crippen LogP contribution is -2.38. The number of hydrogen-bond acceptors (Lipinski definition) is 4. The van der Waals surface area contributed by atoms with E-state index in [-0.39, 0.29) is 5.91 Å². The lowest BCUT2D eigenvalue weighted by atomic mass is 10.1. The number of amides is 1. The number of aryl methyl sites for hydroxylation is 2. The molecule has 0 saturated carbocycles. The number of benzene rings is 1. The average Bonchev–Trinajstić information content (AvgIpc) is 2.99. The van der Waals surface area contributed by atoms with E-state index in [1.165, 1.54) is 0 Å². The number of aliphatic imine (C=N–C) groups is 1. The highest BCUT2D eigenvalue weighted by Crippen LogP contribution is 2.12. The SMILES string of the molecule is CCNC(=NCCc1c(C)noc1C)NCCc1cccc(C(=O)NC)c1. The summed E-state index contributed by atoms with van der Waals surface area (Å²) in [7, 11) is 1.64. The van der Waals surface area contributed by atoms with Gasteiger partial charge in [-0.05, 0) is 51.3 Å². The van der Waals surface area contributed by atoms with Crippen molar-refractivity contribution in [1.82, 2.24) is 21.1 Å². The molecule has 27 heavy (non-hydrogen) atoms.